The zero-order valence-electron chi connectivity index (χ0n) is 9.23. The molecule has 1 aromatic rings. The average Bonchev–Trinajstić information content (AvgIpc) is 1.97. The summed E-state index contributed by atoms with van der Waals surface area (Å²) in [5.74, 6) is 0. The van der Waals surface area contributed by atoms with Crippen LogP contribution in [0.25, 0.3) is 0 Å². The molecular weight excluding hydrogens is 158 g/mol. The Bertz CT molecular complexity index is 295. The van der Waals surface area contributed by atoms with E-state index in [1.165, 1.54) is 22.3 Å². The second-order valence-corrected chi connectivity index (χ2v) is 4.46. The van der Waals surface area contributed by atoms with Gasteiger partial charge in [0.05, 0.1) is 0 Å². The van der Waals surface area contributed by atoms with E-state index in [9.17, 15) is 0 Å². The number of benzene rings is 1. The number of rotatable bonds is 1. The van der Waals surface area contributed by atoms with E-state index in [1.807, 2.05) is 13.8 Å². The third kappa shape index (κ3) is 2.10. The predicted octanol–water partition coefficient (Wildman–Crippen LogP) is 2.81. The second kappa shape index (κ2) is 3.15. The Morgan fingerprint density at radius 2 is 1.38 bits per heavy atom. The quantitative estimate of drug-likeness (QED) is 0.701. The summed E-state index contributed by atoms with van der Waals surface area (Å²) >= 11 is 0. The molecule has 0 atom stereocenters. The molecule has 1 rings (SSSR count). The van der Waals surface area contributed by atoms with Crippen molar-refractivity contribution in [1.82, 2.24) is 0 Å². The summed E-state index contributed by atoms with van der Waals surface area (Å²) in [5.41, 5.74) is 11.1. The molecule has 0 aliphatic heterocycles. The van der Waals surface area contributed by atoms with Gasteiger partial charge in [-0.25, -0.2) is 0 Å². The lowest BCUT2D eigenvalue weighted by Gasteiger charge is -2.21. The van der Waals surface area contributed by atoms with E-state index in [1.54, 1.807) is 0 Å². The van der Waals surface area contributed by atoms with Crippen molar-refractivity contribution < 1.29 is 0 Å². The van der Waals surface area contributed by atoms with Crippen molar-refractivity contribution in [3.63, 3.8) is 0 Å². The summed E-state index contributed by atoms with van der Waals surface area (Å²) in [6.45, 7) is 10.5. The molecule has 0 unspecified atom stereocenters. The summed E-state index contributed by atoms with van der Waals surface area (Å²) in [7, 11) is 0. The third-order valence-corrected chi connectivity index (χ3v) is 2.67. The van der Waals surface area contributed by atoms with E-state index in [4.69, 9.17) is 5.73 Å². The van der Waals surface area contributed by atoms with Gasteiger partial charge < -0.3 is 5.73 Å². The smallest absolute Gasteiger partial charge is 0.0352 e. The molecule has 0 bridgehead atoms. The molecule has 72 valence electrons. The fraction of sp³-hybridized carbons (Fsp3) is 0.500. The summed E-state index contributed by atoms with van der Waals surface area (Å²) in [6, 6.07) is 4.37. The Balaban J connectivity index is 3.29. The molecule has 0 fully saturated rings. The first kappa shape index (κ1) is 10.3. The minimum Gasteiger partial charge on any atom is -0.322 e. The van der Waals surface area contributed by atoms with Crippen LogP contribution in [0.4, 0.5) is 0 Å². The summed E-state index contributed by atoms with van der Waals surface area (Å²) in [5, 5.41) is 0. The van der Waals surface area contributed by atoms with Gasteiger partial charge in [-0.05, 0) is 56.9 Å². The van der Waals surface area contributed by atoms with Crippen molar-refractivity contribution in [2.75, 3.05) is 0 Å². The van der Waals surface area contributed by atoms with Gasteiger partial charge >= 0.3 is 0 Å². The first-order valence-corrected chi connectivity index (χ1v) is 4.69. The summed E-state index contributed by atoms with van der Waals surface area (Å²) in [4.78, 5) is 0. The summed E-state index contributed by atoms with van der Waals surface area (Å²) < 4.78 is 0. The van der Waals surface area contributed by atoms with Crippen LogP contribution in [0.2, 0.25) is 0 Å². The van der Waals surface area contributed by atoms with Gasteiger partial charge in [-0.1, -0.05) is 12.1 Å². The van der Waals surface area contributed by atoms with Crippen LogP contribution in [0.3, 0.4) is 0 Å². The van der Waals surface area contributed by atoms with E-state index in [0.717, 1.165) is 0 Å². The fourth-order valence-electron chi connectivity index (χ4n) is 1.41. The highest BCUT2D eigenvalue weighted by atomic mass is 14.7. The molecular formula is C12H19N. The highest BCUT2D eigenvalue weighted by Gasteiger charge is 2.15. The number of aryl methyl sites for hydroxylation is 2. The van der Waals surface area contributed by atoms with E-state index in [0.29, 0.717) is 0 Å². The molecule has 0 spiro atoms. The maximum absolute atomic E-state index is 6.04. The number of nitrogens with two attached hydrogens (primary N) is 1. The summed E-state index contributed by atoms with van der Waals surface area (Å²) in [6.07, 6.45) is 0. The molecule has 2 N–H and O–H groups in total. The molecule has 1 nitrogen and oxygen atoms in total. The Kier molecular flexibility index (Phi) is 2.49. The Hall–Kier alpha value is -0.820. The molecule has 0 aliphatic carbocycles. The number of hydrogen-bond donors (Lipinski definition) is 1. The zero-order valence-corrected chi connectivity index (χ0v) is 9.23. The average molecular weight is 177 g/mol. The molecule has 13 heavy (non-hydrogen) atoms. The lowest BCUT2D eigenvalue weighted by molar-refractivity contribution is 0.553. The first-order chi connectivity index (χ1) is 5.82. The van der Waals surface area contributed by atoms with Crippen LogP contribution in [-0.4, -0.2) is 0 Å². The molecule has 0 heterocycles. The van der Waals surface area contributed by atoms with Crippen LogP contribution in [-0.2, 0) is 5.54 Å². The van der Waals surface area contributed by atoms with Crippen molar-refractivity contribution in [2.45, 2.75) is 40.2 Å². The van der Waals surface area contributed by atoms with Gasteiger partial charge in [-0.2, -0.15) is 0 Å². The predicted molar refractivity (Wildman–Crippen MR) is 57.9 cm³/mol. The van der Waals surface area contributed by atoms with Crippen molar-refractivity contribution in [1.29, 1.82) is 0 Å². The Morgan fingerprint density at radius 1 is 1.00 bits per heavy atom. The van der Waals surface area contributed by atoms with Crippen LogP contribution in [0.1, 0.15) is 36.1 Å². The topological polar surface area (TPSA) is 26.0 Å². The molecule has 0 aromatic heterocycles. The van der Waals surface area contributed by atoms with Gasteiger partial charge in [0.25, 0.3) is 0 Å². The molecule has 0 saturated heterocycles. The van der Waals surface area contributed by atoms with Crippen molar-refractivity contribution in [3.05, 3.63) is 34.4 Å². The number of hydrogen-bond acceptors (Lipinski definition) is 1. The molecule has 1 heteroatoms. The molecule has 0 aliphatic rings. The van der Waals surface area contributed by atoms with Gasteiger partial charge in [0.15, 0.2) is 0 Å². The third-order valence-electron chi connectivity index (χ3n) is 2.67. The van der Waals surface area contributed by atoms with Crippen molar-refractivity contribution in [3.8, 4) is 0 Å². The second-order valence-electron chi connectivity index (χ2n) is 4.46. The highest BCUT2D eigenvalue weighted by molar-refractivity contribution is 5.39. The molecule has 0 saturated carbocycles. The fourth-order valence-corrected chi connectivity index (χ4v) is 1.41. The maximum atomic E-state index is 6.04. The largest absolute Gasteiger partial charge is 0.322 e. The zero-order chi connectivity index (χ0) is 10.2. The van der Waals surface area contributed by atoms with Crippen LogP contribution < -0.4 is 5.73 Å². The standard InChI is InChI=1S/C12H19N/c1-8-6-11(12(4,5)13)7-9(2)10(8)3/h6-7H,13H2,1-5H3. The molecule has 0 amide bonds. The Labute approximate surface area is 81.0 Å². The normalized spacial score (nSPS) is 11.8. The van der Waals surface area contributed by atoms with Crippen LogP contribution in [0.15, 0.2) is 12.1 Å². The highest BCUT2D eigenvalue weighted by Crippen LogP contribution is 2.22. The SMILES string of the molecule is Cc1cc(C(C)(C)N)cc(C)c1C. The van der Waals surface area contributed by atoms with Crippen molar-refractivity contribution in [2.24, 2.45) is 5.73 Å². The van der Waals surface area contributed by atoms with E-state index in [-0.39, 0.29) is 5.54 Å². The molecule has 0 radical (unpaired) electrons. The minimum absolute atomic E-state index is 0.233. The van der Waals surface area contributed by atoms with Crippen LogP contribution in [0.5, 0.6) is 0 Å². The molecule has 1 aromatic carbocycles. The van der Waals surface area contributed by atoms with Crippen LogP contribution >= 0.6 is 0 Å². The van der Waals surface area contributed by atoms with E-state index < -0.39 is 0 Å². The van der Waals surface area contributed by atoms with Gasteiger partial charge in [0.2, 0.25) is 0 Å². The first-order valence-electron chi connectivity index (χ1n) is 4.69. The van der Waals surface area contributed by atoms with E-state index in [2.05, 4.69) is 32.9 Å². The monoisotopic (exact) mass is 177 g/mol. The lowest BCUT2D eigenvalue weighted by atomic mass is 9.90. The minimum atomic E-state index is -0.233. The van der Waals surface area contributed by atoms with Gasteiger partial charge in [-0.15, -0.1) is 0 Å². The lowest BCUT2D eigenvalue weighted by Crippen LogP contribution is -2.28. The maximum Gasteiger partial charge on any atom is 0.0352 e. The van der Waals surface area contributed by atoms with Gasteiger partial charge in [0.1, 0.15) is 0 Å². The van der Waals surface area contributed by atoms with Crippen molar-refractivity contribution >= 4 is 0 Å². The van der Waals surface area contributed by atoms with Crippen LogP contribution in [0, 0.1) is 20.8 Å². The van der Waals surface area contributed by atoms with E-state index >= 15 is 0 Å². The Morgan fingerprint density at radius 3 is 1.69 bits per heavy atom. The van der Waals surface area contributed by atoms with Gasteiger partial charge in [-0.3, -0.25) is 0 Å². The van der Waals surface area contributed by atoms with Gasteiger partial charge in [0, 0.05) is 5.54 Å².